The number of carbonyl (C=O) groups excluding carboxylic acids is 3. The van der Waals surface area contributed by atoms with Gasteiger partial charge in [-0.15, -0.1) is 0 Å². The number of nitro groups is 1. The Morgan fingerprint density at radius 3 is 2.24 bits per heavy atom. The third-order valence-corrected chi connectivity index (χ3v) is 2.53. The van der Waals surface area contributed by atoms with E-state index in [4.69, 9.17) is 0 Å². The Morgan fingerprint density at radius 1 is 1.14 bits per heavy atom. The van der Waals surface area contributed by atoms with Crippen LogP contribution in [0, 0.1) is 16.0 Å². The van der Waals surface area contributed by atoms with Crippen molar-refractivity contribution in [3.05, 3.63) is 34.4 Å². The highest BCUT2D eigenvalue weighted by Crippen LogP contribution is 2.15. The molecule has 1 aromatic carbocycles. The van der Waals surface area contributed by atoms with Crippen molar-refractivity contribution in [2.24, 2.45) is 11.0 Å². The number of urea groups is 1. The average Bonchev–Trinajstić information content (AvgIpc) is 2.42. The number of amides is 4. The van der Waals surface area contributed by atoms with Crippen LogP contribution in [0.5, 0.6) is 0 Å². The molecule has 3 N–H and O–H groups in total. The first-order chi connectivity index (χ1) is 9.97. The molecule has 10 heteroatoms. The van der Waals surface area contributed by atoms with Gasteiger partial charge in [-0.25, -0.2) is 4.79 Å². The van der Waals surface area contributed by atoms with E-state index < -0.39 is 28.7 Å². The van der Waals surface area contributed by atoms with Gasteiger partial charge in [-0.3, -0.25) is 35.8 Å². The molecule has 0 radical (unpaired) electrons. The lowest BCUT2D eigenvalue weighted by molar-refractivity contribution is -0.384. The highest BCUT2D eigenvalue weighted by molar-refractivity contribution is 6.23. The number of non-ortho nitro benzene ring substituents is 1. The van der Waals surface area contributed by atoms with E-state index in [1.165, 1.54) is 24.3 Å². The molecule has 2 rings (SSSR count). The molecule has 0 atom stereocenters. The van der Waals surface area contributed by atoms with Crippen LogP contribution in [0.25, 0.3) is 0 Å². The summed E-state index contributed by atoms with van der Waals surface area (Å²) in [5, 5.41) is 18.0. The summed E-state index contributed by atoms with van der Waals surface area (Å²) in [6.45, 7) is 0. The summed E-state index contributed by atoms with van der Waals surface area (Å²) in [6.07, 6.45) is 1.03. The van der Waals surface area contributed by atoms with Crippen molar-refractivity contribution >= 4 is 35.4 Å². The molecule has 0 aromatic heterocycles. The van der Waals surface area contributed by atoms with E-state index in [0.29, 0.717) is 5.69 Å². The number of carbonyl (C=O) groups is 3. The Bertz CT molecular complexity index is 619. The first kappa shape index (κ1) is 14.1. The van der Waals surface area contributed by atoms with Crippen LogP contribution in [0.1, 0.15) is 0 Å². The highest BCUT2D eigenvalue weighted by Gasteiger charge is 2.32. The summed E-state index contributed by atoms with van der Waals surface area (Å²) in [5.74, 6) is -2.79. The average molecular weight is 291 g/mol. The van der Waals surface area contributed by atoms with Gasteiger partial charge in [0.15, 0.2) is 5.92 Å². The fourth-order valence-electron chi connectivity index (χ4n) is 1.51. The van der Waals surface area contributed by atoms with Gasteiger partial charge < -0.3 is 0 Å². The van der Waals surface area contributed by atoms with Crippen LogP contribution in [0.15, 0.2) is 29.4 Å². The second-order valence-electron chi connectivity index (χ2n) is 3.98. The van der Waals surface area contributed by atoms with Gasteiger partial charge in [0, 0.05) is 18.3 Å². The molecular weight excluding hydrogens is 282 g/mol. The van der Waals surface area contributed by atoms with E-state index in [1.807, 2.05) is 10.6 Å². The van der Waals surface area contributed by atoms with E-state index in [2.05, 4.69) is 10.5 Å². The van der Waals surface area contributed by atoms with Crippen LogP contribution in [0.2, 0.25) is 0 Å². The maximum atomic E-state index is 11.4. The van der Waals surface area contributed by atoms with Gasteiger partial charge in [0.2, 0.25) is 11.8 Å². The molecule has 1 aromatic rings. The molecule has 1 aliphatic heterocycles. The van der Waals surface area contributed by atoms with E-state index in [-0.39, 0.29) is 5.69 Å². The molecule has 1 aliphatic rings. The quantitative estimate of drug-likeness (QED) is 0.308. The van der Waals surface area contributed by atoms with Crippen molar-refractivity contribution < 1.29 is 19.3 Å². The Kier molecular flexibility index (Phi) is 3.88. The van der Waals surface area contributed by atoms with Gasteiger partial charge in [0.25, 0.3) is 5.69 Å². The predicted octanol–water partition coefficient (Wildman–Crippen LogP) is -0.0253. The molecule has 108 valence electrons. The normalized spacial score (nSPS) is 15.7. The molecule has 0 spiro atoms. The van der Waals surface area contributed by atoms with Crippen LogP contribution in [0.4, 0.5) is 16.2 Å². The number of nitro benzene ring substituents is 1. The summed E-state index contributed by atoms with van der Waals surface area (Å²) in [4.78, 5) is 43.5. The van der Waals surface area contributed by atoms with Crippen molar-refractivity contribution in [1.82, 2.24) is 10.6 Å². The number of imide groups is 2. The van der Waals surface area contributed by atoms with Crippen LogP contribution in [-0.2, 0) is 9.59 Å². The van der Waals surface area contributed by atoms with Gasteiger partial charge in [-0.1, -0.05) is 0 Å². The monoisotopic (exact) mass is 291 g/mol. The number of hydrazone groups is 1. The summed E-state index contributed by atoms with van der Waals surface area (Å²) in [7, 11) is 0. The molecule has 0 unspecified atom stereocenters. The van der Waals surface area contributed by atoms with E-state index in [0.717, 1.165) is 6.21 Å². The molecule has 0 bridgehead atoms. The first-order valence-electron chi connectivity index (χ1n) is 5.66. The minimum Gasteiger partial charge on any atom is -0.279 e. The topological polar surface area (TPSA) is 143 Å². The molecule has 1 saturated heterocycles. The zero-order chi connectivity index (χ0) is 15.4. The van der Waals surface area contributed by atoms with Crippen molar-refractivity contribution in [1.29, 1.82) is 0 Å². The van der Waals surface area contributed by atoms with Crippen molar-refractivity contribution in [2.45, 2.75) is 0 Å². The Labute approximate surface area is 117 Å². The minimum atomic E-state index is -1.23. The number of anilines is 1. The molecule has 0 saturated carbocycles. The van der Waals surface area contributed by atoms with Crippen LogP contribution in [0.3, 0.4) is 0 Å². The third kappa shape index (κ3) is 3.37. The maximum absolute atomic E-state index is 11.4. The number of hydrogen-bond donors (Lipinski definition) is 3. The lowest BCUT2D eigenvalue weighted by atomic mass is 10.1. The molecule has 4 amide bonds. The van der Waals surface area contributed by atoms with Crippen LogP contribution in [-0.4, -0.2) is 29.0 Å². The predicted molar refractivity (Wildman–Crippen MR) is 70.4 cm³/mol. The van der Waals surface area contributed by atoms with Gasteiger partial charge >= 0.3 is 6.03 Å². The van der Waals surface area contributed by atoms with Gasteiger partial charge in [0.1, 0.15) is 0 Å². The lowest BCUT2D eigenvalue weighted by Crippen LogP contribution is -2.56. The molecule has 10 nitrogen and oxygen atoms in total. The molecule has 0 aliphatic carbocycles. The highest BCUT2D eigenvalue weighted by atomic mass is 16.6. The second-order valence-corrected chi connectivity index (χ2v) is 3.98. The Balaban J connectivity index is 1.98. The number of benzene rings is 1. The maximum Gasteiger partial charge on any atom is 0.328 e. The zero-order valence-corrected chi connectivity index (χ0v) is 10.4. The summed E-state index contributed by atoms with van der Waals surface area (Å²) >= 11 is 0. The van der Waals surface area contributed by atoms with Gasteiger partial charge in [-0.05, 0) is 12.1 Å². The van der Waals surface area contributed by atoms with Crippen LogP contribution >= 0.6 is 0 Å². The van der Waals surface area contributed by atoms with Gasteiger partial charge in [0.05, 0.1) is 10.6 Å². The third-order valence-electron chi connectivity index (χ3n) is 2.53. The molecule has 1 heterocycles. The van der Waals surface area contributed by atoms with Crippen molar-refractivity contribution in [3.8, 4) is 0 Å². The Morgan fingerprint density at radius 2 is 1.71 bits per heavy atom. The van der Waals surface area contributed by atoms with E-state index >= 15 is 0 Å². The first-order valence-corrected chi connectivity index (χ1v) is 5.66. The Hall–Kier alpha value is -3.30. The summed E-state index contributed by atoms with van der Waals surface area (Å²) in [5.41, 5.74) is 2.87. The smallest absolute Gasteiger partial charge is 0.279 e. The molecule has 21 heavy (non-hydrogen) atoms. The summed E-state index contributed by atoms with van der Waals surface area (Å²) < 4.78 is 0. The largest absolute Gasteiger partial charge is 0.328 e. The zero-order valence-electron chi connectivity index (χ0n) is 10.4. The fourth-order valence-corrected chi connectivity index (χ4v) is 1.51. The number of barbiturate groups is 1. The summed E-state index contributed by atoms with van der Waals surface area (Å²) in [6, 6.07) is 4.51. The SMILES string of the molecule is O=C1NC(=O)C(/C=N\Nc2ccc([N+](=O)[O-])cc2)C(=O)N1. The minimum absolute atomic E-state index is 0.0749. The molecule has 1 fully saturated rings. The second kappa shape index (κ2) is 5.77. The standard InChI is InChI=1S/C11H9N5O5/c17-9-8(10(18)14-11(19)13-9)5-12-15-6-1-3-7(4-2-6)16(20)21/h1-5,8,15H,(H2,13,14,17,18,19)/b12-5-. The number of rotatable bonds is 4. The van der Waals surface area contributed by atoms with Gasteiger partial charge in [-0.2, -0.15) is 5.10 Å². The van der Waals surface area contributed by atoms with E-state index in [9.17, 15) is 24.5 Å². The fraction of sp³-hybridized carbons (Fsp3) is 0.0909. The lowest BCUT2D eigenvalue weighted by Gasteiger charge is -2.16. The van der Waals surface area contributed by atoms with Crippen LogP contribution < -0.4 is 16.1 Å². The molecular formula is C11H9N5O5. The number of nitrogens with zero attached hydrogens (tertiary/aromatic N) is 2. The number of hydrogen-bond acceptors (Lipinski definition) is 7. The number of nitrogens with one attached hydrogen (secondary N) is 3. The van der Waals surface area contributed by atoms with Crippen molar-refractivity contribution in [2.75, 3.05) is 5.43 Å². The van der Waals surface area contributed by atoms with Crippen molar-refractivity contribution in [3.63, 3.8) is 0 Å². The van der Waals surface area contributed by atoms with E-state index in [1.54, 1.807) is 0 Å².